The Morgan fingerprint density at radius 2 is 2.04 bits per heavy atom. The van der Waals surface area contributed by atoms with Gasteiger partial charge in [-0.2, -0.15) is 0 Å². The van der Waals surface area contributed by atoms with Gasteiger partial charge in [-0.25, -0.2) is 9.97 Å². The van der Waals surface area contributed by atoms with Gasteiger partial charge in [0, 0.05) is 24.9 Å². The minimum absolute atomic E-state index is 0.499. The first-order chi connectivity index (χ1) is 12.1. The highest BCUT2D eigenvalue weighted by Crippen LogP contribution is 2.29. The van der Waals surface area contributed by atoms with E-state index in [1.54, 1.807) is 0 Å². The molecule has 3 aromatic rings. The number of aromatic nitrogens is 3. The molecule has 0 unspecified atom stereocenters. The lowest BCUT2D eigenvalue weighted by atomic mass is 10.2. The Labute approximate surface area is 147 Å². The molecule has 0 saturated carbocycles. The van der Waals surface area contributed by atoms with Crippen LogP contribution in [0.15, 0.2) is 36.7 Å². The Kier molecular flexibility index (Phi) is 5.07. The maximum absolute atomic E-state index is 6.20. The predicted molar refractivity (Wildman–Crippen MR) is 104 cm³/mol. The van der Waals surface area contributed by atoms with E-state index in [1.807, 2.05) is 18.2 Å². The van der Waals surface area contributed by atoms with E-state index in [9.17, 15) is 0 Å². The number of anilines is 1. The number of nitrogens with one attached hydrogen (secondary N) is 1. The molecule has 0 aliphatic heterocycles. The van der Waals surface area contributed by atoms with Gasteiger partial charge in [0.15, 0.2) is 5.82 Å². The summed E-state index contributed by atoms with van der Waals surface area (Å²) in [4.78, 5) is 9.35. The molecule has 5 N–H and O–H groups in total. The van der Waals surface area contributed by atoms with E-state index in [2.05, 4.69) is 34.4 Å². The molecule has 3 rings (SSSR count). The second-order valence-corrected chi connectivity index (χ2v) is 6.30. The summed E-state index contributed by atoms with van der Waals surface area (Å²) in [6.07, 6.45) is 4.10. The van der Waals surface area contributed by atoms with E-state index >= 15 is 0 Å². The number of unbranched alkanes of at least 4 members (excludes halogenated alkanes) is 1. The fourth-order valence-electron chi connectivity index (χ4n) is 3.16. The lowest BCUT2D eigenvalue weighted by Crippen LogP contribution is -2.21. The van der Waals surface area contributed by atoms with Crippen molar-refractivity contribution in [3.63, 3.8) is 0 Å². The number of aryl methyl sites for hydroxylation is 2. The van der Waals surface area contributed by atoms with Gasteiger partial charge in [0.2, 0.25) is 0 Å². The molecule has 2 heterocycles. The highest BCUT2D eigenvalue weighted by Gasteiger charge is 2.16. The molecule has 25 heavy (non-hydrogen) atoms. The number of nitrogen functional groups attached to an aromatic ring is 1. The van der Waals surface area contributed by atoms with E-state index in [0.29, 0.717) is 11.6 Å². The van der Waals surface area contributed by atoms with Gasteiger partial charge >= 0.3 is 0 Å². The summed E-state index contributed by atoms with van der Waals surface area (Å²) < 4.78 is 2.30. The van der Waals surface area contributed by atoms with E-state index in [0.717, 1.165) is 66.5 Å². The van der Waals surface area contributed by atoms with Gasteiger partial charge in [-0.1, -0.05) is 38.1 Å². The van der Waals surface area contributed by atoms with Crippen LogP contribution in [0.4, 0.5) is 5.82 Å². The standard InChI is InChI=1S/C19H26N6/c1-3-4-10-16-24-17-18(25(16)12-7-11-22-13(2)20)14-8-5-6-9-15(14)23-19(17)21/h5-6,8-9,22H,2-4,7,10-12,20H2,1H3,(H2,21,23). The zero-order chi connectivity index (χ0) is 17.8. The Bertz CT molecular complexity index is 896. The number of imidazole rings is 1. The molecule has 0 radical (unpaired) electrons. The molecule has 0 aliphatic rings. The van der Waals surface area contributed by atoms with Crippen LogP contribution in [0.5, 0.6) is 0 Å². The first kappa shape index (κ1) is 17.1. The van der Waals surface area contributed by atoms with Gasteiger partial charge in [-0.3, -0.25) is 0 Å². The molecule has 0 saturated heterocycles. The van der Waals surface area contributed by atoms with Crippen molar-refractivity contribution in [1.29, 1.82) is 0 Å². The van der Waals surface area contributed by atoms with Crippen molar-refractivity contribution < 1.29 is 0 Å². The third-order valence-electron chi connectivity index (χ3n) is 4.35. The molecule has 1 aromatic carbocycles. The first-order valence-electron chi connectivity index (χ1n) is 8.83. The predicted octanol–water partition coefficient (Wildman–Crippen LogP) is 2.92. The number of hydrogen-bond acceptors (Lipinski definition) is 5. The molecule has 0 amide bonds. The summed E-state index contributed by atoms with van der Waals surface area (Å²) in [6.45, 7) is 7.49. The third kappa shape index (κ3) is 3.52. The maximum Gasteiger partial charge on any atom is 0.152 e. The number of pyridine rings is 1. The number of para-hydroxylation sites is 1. The van der Waals surface area contributed by atoms with Crippen LogP contribution >= 0.6 is 0 Å². The number of rotatable bonds is 8. The molecule has 0 fully saturated rings. The summed E-state index contributed by atoms with van der Waals surface area (Å²) in [5, 5.41) is 4.18. The molecule has 6 nitrogen and oxygen atoms in total. The summed E-state index contributed by atoms with van der Waals surface area (Å²) in [6, 6.07) is 8.10. The van der Waals surface area contributed by atoms with Gasteiger partial charge in [-0.05, 0) is 18.9 Å². The second kappa shape index (κ2) is 7.42. The highest BCUT2D eigenvalue weighted by molar-refractivity contribution is 6.06. The first-order valence-corrected chi connectivity index (χ1v) is 8.83. The number of nitrogens with two attached hydrogens (primary N) is 2. The molecular weight excluding hydrogens is 312 g/mol. The summed E-state index contributed by atoms with van der Waals surface area (Å²) in [5.74, 6) is 2.08. The number of fused-ring (bicyclic) bond motifs is 3. The smallest absolute Gasteiger partial charge is 0.152 e. The largest absolute Gasteiger partial charge is 0.386 e. The van der Waals surface area contributed by atoms with E-state index in [1.165, 1.54) is 0 Å². The van der Waals surface area contributed by atoms with Crippen LogP contribution in [-0.4, -0.2) is 21.1 Å². The highest BCUT2D eigenvalue weighted by atomic mass is 15.1. The Morgan fingerprint density at radius 1 is 1.24 bits per heavy atom. The number of nitrogens with zero attached hydrogens (tertiary/aromatic N) is 3. The van der Waals surface area contributed by atoms with Crippen molar-refractivity contribution in [3.8, 4) is 0 Å². The topological polar surface area (TPSA) is 94.8 Å². The van der Waals surface area contributed by atoms with Crippen molar-refractivity contribution in [2.45, 2.75) is 39.2 Å². The third-order valence-corrected chi connectivity index (χ3v) is 4.35. The lowest BCUT2D eigenvalue weighted by molar-refractivity contribution is 0.592. The van der Waals surface area contributed by atoms with Crippen molar-refractivity contribution in [2.75, 3.05) is 12.3 Å². The summed E-state index contributed by atoms with van der Waals surface area (Å²) >= 11 is 0. The lowest BCUT2D eigenvalue weighted by Gasteiger charge is -2.11. The van der Waals surface area contributed by atoms with Gasteiger partial charge in [0.25, 0.3) is 0 Å². The van der Waals surface area contributed by atoms with Crippen molar-refractivity contribution in [1.82, 2.24) is 19.9 Å². The van der Waals surface area contributed by atoms with Crippen molar-refractivity contribution in [3.05, 3.63) is 42.5 Å². The minimum Gasteiger partial charge on any atom is -0.386 e. The number of hydrogen-bond donors (Lipinski definition) is 3. The van der Waals surface area contributed by atoms with E-state index in [4.69, 9.17) is 16.5 Å². The molecular formula is C19H26N6. The van der Waals surface area contributed by atoms with Crippen LogP contribution in [0, 0.1) is 0 Å². The van der Waals surface area contributed by atoms with Crippen LogP contribution in [0.3, 0.4) is 0 Å². The van der Waals surface area contributed by atoms with Gasteiger partial charge in [0.05, 0.1) is 16.9 Å². The fourth-order valence-corrected chi connectivity index (χ4v) is 3.16. The van der Waals surface area contributed by atoms with Crippen LogP contribution in [-0.2, 0) is 13.0 Å². The van der Waals surface area contributed by atoms with Crippen LogP contribution in [0.25, 0.3) is 21.9 Å². The molecule has 2 aromatic heterocycles. The Balaban J connectivity index is 2.07. The van der Waals surface area contributed by atoms with Gasteiger partial charge in [0.1, 0.15) is 11.3 Å². The Hall–Kier alpha value is -2.76. The minimum atomic E-state index is 0.499. The van der Waals surface area contributed by atoms with Gasteiger partial charge < -0.3 is 21.4 Å². The maximum atomic E-state index is 6.20. The second-order valence-electron chi connectivity index (χ2n) is 6.30. The quantitative estimate of drug-likeness (QED) is 0.549. The molecule has 0 aliphatic carbocycles. The molecule has 6 heteroatoms. The summed E-state index contributed by atoms with van der Waals surface area (Å²) in [7, 11) is 0. The van der Waals surface area contributed by atoms with Crippen molar-refractivity contribution >= 4 is 27.8 Å². The molecule has 132 valence electrons. The number of benzene rings is 1. The van der Waals surface area contributed by atoms with Crippen LogP contribution in [0.1, 0.15) is 32.0 Å². The zero-order valence-corrected chi connectivity index (χ0v) is 14.8. The monoisotopic (exact) mass is 338 g/mol. The fraction of sp³-hybridized carbons (Fsp3) is 0.368. The Morgan fingerprint density at radius 3 is 2.80 bits per heavy atom. The average Bonchev–Trinajstić information content (AvgIpc) is 2.96. The summed E-state index contributed by atoms with van der Waals surface area (Å²) in [5.41, 5.74) is 14.6. The zero-order valence-electron chi connectivity index (χ0n) is 14.8. The molecule has 0 spiro atoms. The van der Waals surface area contributed by atoms with Crippen molar-refractivity contribution in [2.24, 2.45) is 5.73 Å². The molecule has 0 atom stereocenters. The average molecular weight is 338 g/mol. The van der Waals surface area contributed by atoms with E-state index < -0.39 is 0 Å². The normalized spacial score (nSPS) is 11.2. The SMILES string of the molecule is C=C(N)NCCCn1c(CCCC)nc2c(N)nc3ccccc3c21. The molecule has 0 bridgehead atoms. The van der Waals surface area contributed by atoms with E-state index in [-0.39, 0.29) is 0 Å². The van der Waals surface area contributed by atoms with Crippen LogP contribution in [0.2, 0.25) is 0 Å². The van der Waals surface area contributed by atoms with Crippen LogP contribution < -0.4 is 16.8 Å². The van der Waals surface area contributed by atoms with Gasteiger partial charge in [-0.15, -0.1) is 0 Å².